The van der Waals surface area contributed by atoms with Crippen LogP contribution in [-0.2, 0) is 23.9 Å². The molecule has 0 aromatic heterocycles. The summed E-state index contributed by atoms with van der Waals surface area (Å²) in [6, 6.07) is 0. The SMILES string of the molecule is CCCCCCCCCCCCCCC(=O)OC[C@H](CO)OC(=O)CCCCCCC/C=C\C=C\C(=O)CCCCC. The molecule has 0 bridgehead atoms. The Bertz CT molecular complexity index is 699. The van der Waals surface area contributed by atoms with Gasteiger partial charge in [-0.05, 0) is 38.2 Å². The Morgan fingerprint density at radius 3 is 1.64 bits per heavy atom. The summed E-state index contributed by atoms with van der Waals surface area (Å²) in [4.78, 5) is 35.8. The van der Waals surface area contributed by atoms with Crippen LogP contribution in [0.5, 0.6) is 0 Å². The molecule has 1 N–H and O–H groups in total. The van der Waals surface area contributed by atoms with Gasteiger partial charge < -0.3 is 14.6 Å². The van der Waals surface area contributed by atoms with Gasteiger partial charge in [0.05, 0.1) is 6.61 Å². The third-order valence-electron chi connectivity index (χ3n) is 7.47. The minimum absolute atomic E-state index is 0.0882. The molecule has 0 aliphatic heterocycles. The van der Waals surface area contributed by atoms with Crippen LogP contribution in [0.4, 0.5) is 0 Å². The Labute approximate surface area is 258 Å². The average Bonchev–Trinajstić information content (AvgIpc) is 2.98. The molecule has 0 unspecified atom stereocenters. The lowest BCUT2D eigenvalue weighted by atomic mass is 10.0. The van der Waals surface area contributed by atoms with Crippen molar-refractivity contribution in [1.82, 2.24) is 0 Å². The van der Waals surface area contributed by atoms with E-state index >= 15 is 0 Å². The summed E-state index contributed by atoms with van der Waals surface area (Å²) in [7, 11) is 0. The third-order valence-corrected chi connectivity index (χ3v) is 7.47. The molecule has 0 amide bonds. The van der Waals surface area contributed by atoms with Gasteiger partial charge in [0.1, 0.15) is 6.61 Å². The fourth-order valence-electron chi connectivity index (χ4n) is 4.77. The number of ether oxygens (including phenoxy) is 2. The van der Waals surface area contributed by atoms with Crippen LogP contribution in [0.15, 0.2) is 24.3 Å². The number of ketones is 1. The first-order chi connectivity index (χ1) is 20.5. The predicted octanol–water partition coefficient (Wildman–Crippen LogP) is 9.52. The van der Waals surface area contributed by atoms with Gasteiger partial charge in [-0.25, -0.2) is 0 Å². The molecule has 0 aliphatic carbocycles. The Morgan fingerprint density at radius 1 is 0.595 bits per heavy atom. The Balaban J connectivity index is 3.66. The number of allylic oxidation sites excluding steroid dienone is 4. The number of aliphatic hydroxyl groups excluding tert-OH is 1. The van der Waals surface area contributed by atoms with E-state index in [-0.39, 0.29) is 30.9 Å². The molecule has 0 spiro atoms. The van der Waals surface area contributed by atoms with Crippen molar-refractivity contribution < 1.29 is 29.0 Å². The minimum Gasteiger partial charge on any atom is -0.462 e. The molecular formula is C36H64O6. The van der Waals surface area contributed by atoms with E-state index in [9.17, 15) is 19.5 Å². The van der Waals surface area contributed by atoms with Crippen LogP contribution in [0, 0.1) is 0 Å². The summed E-state index contributed by atoms with van der Waals surface area (Å²) >= 11 is 0. The number of hydrogen-bond acceptors (Lipinski definition) is 6. The highest BCUT2D eigenvalue weighted by Crippen LogP contribution is 2.13. The fraction of sp³-hybridized carbons (Fsp3) is 0.806. The van der Waals surface area contributed by atoms with Gasteiger partial charge in [0.25, 0.3) is 0 Å². The van der Waals surface area contributed by atoms with Crippen LogP contribution in [0.1, 0.15) is 168 Å². The van der Waals surface area contributed by atoms with E-state index in [0.29, 0.717) is 19.3 Å². The lowest BCUT2D eigenvalue weighted by Gasteiger charge is -2.15. The second kappa shape index (κ2) is 32.0. The molecule has 0 heterocycles. The van der Waals surface area contributed by atoms with E-state index < -0.39 is 6.10 Å². The number of rotatable bonds is 31. The zero-order valence-electron chi connectivity index (χ0n) is 27.3. The summed E-state index contributed by atoms with van der Waals surface area (Å²) in [5.74, 6) is -0.452. The van der Waals surface area contributed by atoms with Crippen LogP contribution >= 0.6 is 0 Å². The van der Waals surface area contributed by atoms with Crippen LogP contribution in [0.3, 0.4) is 0 Å². The Hall–Kier alpha value is -1.95. The zero-order valence-corrected chi connectivity index (χ0v) is 27.3. The first-order valence-corrected chi connectivity index (χ1v) is 17.3. The smallest absolute Gasteiger partial charge is 0.306 e. The van der Waals surface area contributed by atoms with Crippen molar-refractivity contribution in [1.29, 1.82) is 0 Å². The Morgan fingerprint density at radius 2 is 1.07 bits per heavy atom. The lowest BCUT2D eigenvalue weighted by Crippen LogP contribution is -2.28. The molecule has 0 aromatic carbocycles. The van der Waals surface area contributed by atoms with Gasteiger partial charge in [-0.15, -0.1) is 0 Å². The first kappa shape index (κ1) is 40.1. The summed E-state index contributed by atoms with van der Waals surface area (Å²) in [5, 5.41) is 9.50. The van der Waals surface area contributed by atoms with E-state index in [1.807, 2.05) is 12.2 Å². The van der Waals surface area contributed by atoms with E-state index in [1.54, 1.807) is 6.08 Å². The highest BCUT2D eigenvalue weighted by atomic mass is 16.6. The van der Waals surface area contributed by atoms with Crippen LogP contribution < -0.4 is 0 Å². The molecule has 0 aromatic rings. The topological polar surface area (TPSA) is 89.9 Å². The maximum absolute atomic E-state index is 12.1. The standard InChI is InChI=1S/C36H64O6/c1-3-5-7-8-9-10-11-12-15-18-21-25-29-35(39)41-32-34(31-37)42-36(40)30-26-22-19-16-13-14-17-20-24-28-33(38)27-23-6-4-2/h17,20,24,28,34,37H,3-16,18-19,21-23,25-27,29-32H2,1-2H3/b20-17-,28-24+/t34-/m0/s1. The second-order valence-electron chi connectivity index (χ2n) is 11.6. The van der Waals surface area contributed by atoms with Crippen molar-refractivity contribution in [3.8, 4) is 0 Å². The maximum atomic E-state index is 12.1. The Kier molecular flexibility index (Phi) is 30.5. The first-order valence-electron chi connectivity index (χ1n) is 17.3. The summed E-state index contributed by atoms with van der Waals surface area (Å²) in [5.41, 5.74) is 0. The highest BCUT2D eigenvalue weighted by Gasteiger charge is 2.16. The monoisotopic (exact) mass is 592 g/mol. The van der Waals surface area contributed by atoms with E-state index in [2.05, 4.69) is 19.9 Å². The molecule has 42 heavy (non-hydrogen) atoms. The third kappa shape index (κ3) is 29.5. The quantitative estimate of drug-likeness (QED) is 0.0373. The van der Waals surface area contributed by atoms with Crippen molar-refractivity contribution in [2.45, 2.75) is 174 Å². The van der Waals surface area contributed by atoms with Gasteiger partial charge in [0.15, 0.2) is 11.9 Å². The molecular weight excluding hydrogens is 528 g/mol. The number of hydrogen-bond donors (Lipinski definition) is 1. The van der Waals surface area contributed by atoms with E-state index in [4.69, 9.17) is 9.47 Å². The molecule has 0 rings (SSSR count). The van der Waals surface area contributed by atoms with Gasteiger partial charge >= 0.3 is 11.9 Å². The van der Waals surface area contributed by atoms with Crippen LogP contribution in [-0.4, -0.2) is 42.1 Å². The molecule has 6 nitrogen and oxygen atoms in total. The normalized spacial score (nSPS) is 12.3. The number of carbonyl (C=O) groups is 3. The van der Waals surface area contributed by atoms with Crippen molar-refractivity contribution in [2.24, 2.45) is 0 Å². The molecule has 1 atom stereocenters. The van der Waals surface area contributed by atoms with Crippen LogP contribution in [0.2, 0.25) is 0 Å². The van der Waals surface area contributed by atoms with E-state index in [0.717, 1.165) is 77.0 Å². The van der Waals surface area contributed by atoms with Crippen molar-refractivity contribution in [3.05, 3.63) is 24.3 Å². The summed E-state index contributed by atoms with van der Waals surface area (Å²) < 4.78 is 10.5. The van der Waals surface area contributed by atoms with Crippen molar-refractivity contribution >= 4 is 17.7 Å². The molecule has 0 saturated carbocycles. The van der Waals surface area contributed by atoms with Gasteiger partial charge in [-0.1, -0.05) is 135 Å². The largest absolute Gasteiger partial charge is 0.462 e. The number of aliphatic hydroxyl groups is 1. The predicted molar refractivity (Wildman–Crippen MR) is 173 cm³/mol. The molecule has 0 aliphatic rings. The average molecular weight is 593 g/mol. The number of esters is 2. The van der Waals surface area contributed by atoms with Gasteiger partial charge in [-0.2, -0.15) is 0 Å². The summed E-state index contributed by atoms with van der Waals surface area (Å²) in [6.07, 6.45) is 32.1. The molecule has 0 saturated heterocycles. The molecule has 6 heteroatoms. The highest BCUT2D eigenvalue weighted by molar-refractivity contribution is 5.89. The minimum atomic E-state index is -0.795. The van der Waals surface area contributed by atoms with Crippen molar-refractivity contribution in [2.75, 3.05) is 13.2 Å². The van der Waals surface area contributed by atoms with Crippen molar-refractivity contribution in [3.63, 3.8) is 0 Å². The zero-order chi connectivity index (χ0) is 30.9. The van der Waals surface area contributed by atoms with E-state index in [1.165, 1.54) is 57.8 Å². The van der Waals surface area contributed by atoms with Crippen LogP contribution in [0.25, 0.3) is 0 Å². The molecule has 244 valence electrons. The summed E-state index contributed by atoms with van der Waals surface area (Å²) in [6.45, 7) is 3.94. The van der Waals surface area contributed by atoms with Gasteiger partial charge in [0, 0.05) is 19.3 Å². The number of carbonyl (C=O) groups excluding carboxylic acids is 3. The fourth-order valence-corrected chi connectivity index (χ4v) is 4.77. The van der Waals surface area contributed by atoms with Gasteiger partial charge in [-0.3, -0.25) is 14.4 Å². The lowest BCUT2D eigenvalue weighted by molar-refractivity contribution is -0.161. The number of unbranched alkanes of at least 4 members (excludes halogenated alkanes) is 18. The second-order valence-corrected chi connectivity index (χ2v) is 11.6. The van der Waals surface area contributed by atoms with Gasteiger partial charge in [0.2, 0.25) is 0 Å². The molecule has 0 fully saturated rings. The maximum Gasteiger partial charge on any atom is 0.306 e. The molecule has 0 radical (unpaired) electrons.